The Hall–Kier alpha value is -2.05. The van der Waals surface area contributed by atoms with E-state index >= 15 is 0 Å². The van der Waals surface area contributed by atoms with Gasteiger partial charge in [-0.05, 0) is 12.8 Å². The van der Waals surface area contributed by atoms with Crippen molar-refractivity contribution in [2.75, 3.05) is 0 Å². The molecule has 1 fully saturated rings. The molecule has 1 aromatic heterocycles. The summed E-state index contributed by atoms with van der Waals surface area (Å²) in [6, 6.07) is 0. The molecule has 1 aliphatic carbocycles. The molecule has 1 saturated carbocycles. The van der Waals surface area contributed by atoms with E-state index in [0.29, 0.717) is 25.2 Å². The minimum absolute atomic E-state index is 0.0105. The first-order valence-electron chi connectivity index (χ1n) is 6.93. The van der Waals surface area contributed by atoms with E-state index in [-0.39, 0.29) is 11.7 Å². The highest BCUT2D eigenvalue weighted by molar-refractivity contribution is 6.06. The lowest BCUT2D eigenvalue weighted by Gasteiger charge is -2.29. The zero-order valence-electron chi connectivity index (χ0n) is 11.4. The topological polar surface area (TPSA) is 116 Å². The van der Waals surface area contributed by atoms with Crippen LogP contribution in [-0.2, 0) is 11.3 Å². The summed E-state index contributed by atoms with van der Waals surface area (Å²) in [6.07, 6.45) is 8.53. The maximum Gasteiger partial charge on any atom is 0.234 e. The molecule has 1 amide bonds. The van der Waals surface area contributed by atoms with Gasteiger partial charge in [0.25, 0.3) is 0 Å². The van der Waals surface area contributed by atoms with Crippen LogP contribution in [0.4, 0.5) is 0 Å². The number of carbonyl (C=O) groups is 1. The molecule has 1 aliphatic rings. The third kappa shape index (κ3) is 2.92. The predicted molar refractivity (Wildman–Crippen MR) is 74.0 cm³/mol. The summed E-state index contributed by atoms with van der Waals surface area (Å²) in [4.78, 5) is 19.5. The fraction of sp³-hybridized carbons (Fsp3) is 0.615. The number of nitrogens with zero attached hydrogens (tertiary/aromatic N) is 2. The Bertz CT molecular complexity index is 461. The van der Waals surface area contributed by atoms with Crippen molar-refractivity contribution in [2.45, 2.75) is 45.1 Å². The van der Waals surface area contributed by atoms with Crippen molar-refractivity contribution in [3.05, 3.63) is 18.2 Å². The molecule has 0 aliphatic heterocycles. The van der Waals surface area contributed by atoms with Gasteiger partial charge in [-0.15, -0.1) is 0 Å². The van der Waals surface area contributed by atoms with Gasteiger partial charge in [0, 0.05) is 12.4 Å². The third-order valence-electron chi connectivity index (χ3n) is 3.96. The summed E-state index contributed by atoms with van der Waals surface area (Å²) in [5.41, 5.74) is 4.93. The van der Waals surface area contributed by atoms with Crippen LogP contribution in [0.15, 0.2) is 17.5 Å². The summed E-state index contributed by atoms with van der Waals surface area (Å²) in [5.74, 6) is 0.504. The molecular weight excluding hydrogens is 258 g/mol. The highest BCUT2D eigenvalue weighted by Crippen LogP contribution is 2.35. The molecule has 110 valence electrons. The van der Waals surface area contributed by atoms with Crippen molar-refractivity contribution in [3.8, 4) is 0 Å². The zero-order chi connectivity index (χ0) is 14.4. The smallest absolute Gasteiger partial charge is 0.234 e. The van der Waals surface area contributed by atoms with Crippen LogP contribution in [0.2, 0.25) is 0 Å². The number of amides is 1. The fourth-order valence-electron chi connectivity index (χ4n) is 2.76. The second-order valence-electron chi connectivity index (χ2n) is 5.20. The number of aromatic amines is 1. The van der Waals surface area contributed by atoms with Gasteiger partial charge in [0.1, 0.15) is 11.2 Å². The first-order valence-corrected chi connectivity index (χ1v) is 6.93. The van der Waals surface area contributed by atoms with E-state index in [2.05, 4.69) is 20.4 Å². The van der Waals surface area contributed by atoms with E-state index < -0.39 is 5.41 Å². The minimum atomic E-state index is -0.891. The molecule has 1 heterocycles. The number of rotatable bonds is 4. The summed E-state index contributed by atoms with van der Waals surface area (Å²) < 4.78 is 0. The maximum absolute atomic E-state index is 12.5. The van der Waals surface area contributed by atoms with Gasteiger partial charge in [0.15, 0.2) is 5.84 Å². The highest BCUT2D eigenvalue weighted by atomic mass is 16.4. The van der Waals surface area contributed by atoms with Crippen LogP contribution in [0.1, 0.15) is 44.3 Å². The van der Waals surface area contributed by atoms with Crippen LogP contribution in [0.3, 0.4) is 0 Å². The lowest BCUT2D eigenvalue weighted by Crippen LogP contribution is -2.49. The van der Waals surface area contributed by atoms with E-state index in [1.54, 1.807) is 12.4 Å². The number of amidine groups is 1. The lowest BCUT2D eigenvalue weighted by atomic mass is 9.78. The number of hydrogen-bond donors (Lipinski definition) is 4. The zero-order valence-corrected chi connectivity index (χ0v) is 11.4. The molecule has 2 rings (SSSR count). The van der Waals surface area contributed by atoms with Gasteiger partial charge in [-0.25, -0.2) is 4.98 Å². The highest BCUT2D eigenvalue weighted by Gasteiger charge is 2.42. The Morgan fingerprint density at radius 3 is 2.70 bits per heavy atom. The third-order valence-corrected chi connectivity index (χ3v) is 3.96. The van der Waals surface area contributed by atoms with Crippen molar-refractivity contribution in [1.29, 1.82) is 0 Å². The molecule has 5 N–H and O–H groups in total. The van der Waals surface area contributed by atoms with E-state index in [4.69, 9.17) is 10.9 Å². The second-order valence-corrected chi connectivity index (χ2v) is 5.20. The number of aromatic nitrogens is 2. The normalized spacial score (nSPS) is 19.3. The number of imidazole rings is 1. The first kappa shape index (κ1) is 14.4. The van der Waals surface area contributed by atoms with Gasteiger partial charge in [0.05, 0.1) is 6.54 Å². The minimum Gasteiger partial charge on any atom is -0.409 e. The number of oxime groups is 1. The molecule has 0 spiro atoms. The Kier molecular flexibility index (Phi) is 4.60. The van der Waals surface area contributed by atoms with Crippen LogP contribution in [0.25, 0.3) is 0 Å². The average molecular weight is 279 g/mol. The molecule has 0 unspecified atom stereocenters. The number of H-pyrrole nitrogens is 1. The van der Waals surface area contributed by atoms with Gasteiger partial charge >= 0.3 is 0 Å². The number of nitrogens with one attached hydrogen (secondary N) is 2. The Balaban J connectivity index is 2.11. The van der Waals surface area contributed by atoms with Gasteiger partial charge in [-0.2, -0.15) is 0 Å². The first-order chi connectivity index (χ1) is 9.69. The number of carbonyl (C=O) groups excluding carboxylic acids is 1. The summed E-state index contributed by atoms with van der Waals surface area (Å²) >= 11 is 0. The largest absolute Gasteiger partial charge is 0.409 e. The Morgan fingerprint density at radius 2 is 2.15 bits per heavy atom. The Morgan fingerprint density at radius 1 is 1.45 bits per heavy atom. The average Bonchev–Trinajstić information content (AvgIpc) is 2.86. The van der Waals surface area contributed by atoms with E-state index in [0.717, 1.165) is 25.7 Å². The van der Waals surface area contributed by atoms with E-state index in [9.17, 15) is 4.79 Å². The molecule has 0 bridgehead atoms. The van der Waals surface area contributed by atoms with Crippen molar-refractivity contribution in [2.24, 2.45) is 16.3 Å². The van der Waals surface area contributed by atoms with Crippen LogP contribution < -0.4 is 11.1 Å². The van der Waals surface area contributed by atoms with Crippen molar-refractivity contribution < 1.29 is 10.0 Å². The standard InChI is InChI=1S/C13H21N5O2/c14-11(18-20)13(5-3-1-2-4-6-13)12(19)17-9-10-15-7-8-16-10/h7-8,20H,1-6,9H2,(H2,14,18)(H,15,16)(H,17,19). The summed E-state index contributed by atoms with van der Waals surface area (Å²) in [5, 5.41) is 14.9. The molecule has 7 nitrogen and oxygen atoms in total. The van der Waals surface area contributed by atoms with Gasteiger partial charge in [-0.1, -0.05) is 30.8 Å². The molecule has 0 atom stereocenters. The van der Waals surface area contributed by atoms with Gasteiger partial charge < -0.3 is 21.2 Å². The molecular formula is C13H21N5O2. The van der Waals surface area contributed by atoms with Gasteiger partial charge in [0.2, 0.25) is 5.91 Å². The lowest BCUT2D eigenvalue weighted by molar-refractivity contribution is -0.128. The molecule has 1 aromatic rings. The summed E-state index contributed by atoms with van der Waals surface area (Å²) in [7, 11) is 0. The monoisotopic (exact) mass is 279 g/mol. The number of nitrogens with two attached hydrogens (primary N) is 1. The molecule has 0 radical (unpaired) electrons. The Labute approximate surface area is 117 Å². The SMILES string of the molecule is NC(=NO)C1(C(=O)NCc2ncc[nH]2)CCCCCC1. The predicted octanol–water partition coefficient (Wildman–Crippen LogP) is 1.11. The maximum atomic E-state index is 12.5. The van der Waals surface area contributed by atoms with Crippen LogP contribution in [0, 0.1) is 5.41 Å². The van der Waals surface area contributed by atoms with E-state index in [1.807, 2.05) is 0 Å². The summed E-state index contributed by atoms with van der Waals surface area (Å²) in [6.45, 7) is 0.312. The van der Waals surface area contributed by atoms with Crippen molar-refractivity contribution in [1.82, 2.24) is 15.3 Å². The molecule has 20 heavy (non-hydrogen) atoms. The molecule has 0 saturated heterocycles. The fourth-order valence-corrected chi connectivity index (χ4v) is 2.76. The molecule has 0 aromatic carbocycles. The van der Waals surface area contributed by atoms with Gasteiger partial charge in [-0.3, -0.25) is 4.79 Å². The quantitative estimate of drug-likeness (QED) is 0.217. The van der Waals surface area contributed by atoms with Crippen molar-refractivity contribution >= 4 is 11.7 Å². The number of hydrogen-bond acceptors (Lipinski definition) is 4. The van der Waals surface area contributed by atoms with Crippen LogP contribution in [-0.4, -0.2) is 26.9 Å². The second kappa shape index (κ2) is 6.40. The van der Waals surface area contributed by atoms with Crippen LogP contribution in [0.5, 0.6) is 0 Å². The molecule has 7 heteroatoms. The van der Waals surface area contributed by atoms with Crippen molar-refractivity contribution in [3.63, 3.8) is 0 Å². The van der Waals surface area contributed by atoms with Crippen LogP contribution >= 0.6 is 0 Å². The van der Waals surface area contributed by atoms with E-state index in [1.165, 1.54) is 0 Å².